The summed E-state index contributed by atoms with van der Waals surface area (Å²) in [6.07, 6.45) is 4.72. The second kappa shape index (κ2) is 9.19. The van der Waals surface area contributed by atoms with E-state index in [0.717, 1.165) is 41.0 Å². The smallest absolute Gasteiger partial charge is 0.330 e. The van der Waals surface area contributed by atoms with Crippen LogP contribution in [0.1, 0.15) is 36.3 Å². The Hall–Kier alpha value is -3.12. The Balaban J connectivity index is 1.78. The van der Waals surface area contributed by atoms with Crippen LogP contribution < -0.4 is 5.32 Å². The number of anilines is 1. The number of aliphatic hydroxyl groups excluding tert-OH is 1. The van der Waals surface area contributed by atoms with Gasteiger partial charge in [0.1, 0.15) is 5.82 Å². The van der Waals surface area contributed by atoms with Crippen molar-refractivity contribution in [2.45, 2.75) is 25.8 Å². The number of nitrogens with zero attached hydrogens (tertiary/aromatic N) is 1. The number of aliphatic hydroxyl groups is 1. The molecule has 1 aromatic heterocycles. The van der Waals surface area contributed by atoms with Gasteiger partial charge in [-0.2, -0.15) is 0 Å². The lowest BCUT2D eigenvalue weighted by Crippen LogP contribution is -2.09. The van der Waals surface area contributed by atoms with Crippen LogP contribution >= 0.6 is 0 Å². The number of hydrogen-bond acceptors (Lipinski definition) is 5. The van der Waals surface area contributed by atoms with E-state index in [1.54, 1.807) is 6.08 Å². The lowest BCUT2D eigenvalue weighted by Gasteiger charge is -2.15. The summed E-state index contributed by atoms with van der Waals surface area (Å²) in [7, 11) is 1.36. The highest BCUT2D eigenvalue weighted by atomic mass is 16.5. The Morgan fingerprint density at radius 2 is 2.14 bits per heavy atom. The topological polar surface area (TPSA) is 87.2 Å². The molecule has 0 aliphatic carbocycles. The molecule has 0 bridgehead atoms. The number of rotatable bonds is 8. The second-order valence-corrected chi connectivity index (χ2v) is 6.61. The summed E-state index contributed by atoms with van der Waals surface area (Å²) in [4.78, 5) is 19.4. The lowest BCUT2D eigenvalue weighted by molar-refractivity contribution is -0.134. The molecule has 6 nitrogen and oxygen atoms in total. The lowest BCUT2D eigenvalue weighted by atomic mass is 10.1. The van der Waals surface area contributed by atoms with Crippen LogP contribution in [0.3, 0.4) is 0 Å². The molecule has 0 spiro atoms. The summed E-state index contributed by atoms with van der Waals surface area (Å²) in [6.45, 7) is 2.22. The summed E-state index contributed by atoms with van der Waals surface area (Å²) in [5.74, 6) is 0.443. The number of benzene rings is 2. The maximum Gasteiger partial charge on any atom is 0.330 e. The summed E-state index contributed by atoms with van der Waals surface area (Å²) >= 11 is 0. The van der Waals surface area contributed by atoms with Crippen molar-refractivity contribution < 1.29 is 14.6 Å². The van der Waals surface area contributed by atoms with E-state index in [4.69, 9.17) is 5.11 Å². The van der Waals surface area contributed by atoms with Crippen LogP contribution in [0.2, 0.25) is 0 Å². The minimum absolute atomic E-state index is 0.0547. The zero-order valence-corrected chi connectivity index (χ0v) is 16.1. The molecule has 0 fully saturated rings. The van der Waals surface area contributed by atoms with Gasteiger partial charge >= 0.3 is 5.97 Å². The summed E-state index contributed by atoms with van der Waals surface area (Å²) < 4.78 is 4.65. The highest BCUT2D eigenvalue weighted by Crippen LogP contribution is 2.24. The van der Waals surface area contributed by atoms with Gasteiger partial charge in [-0.3, -0.25) is 0 Å². The Labute approximate surface area is 164 Å². The molecule has 1 heterocycles. The maximum absolute atomic E-state index is 11.4. The van der Waals surface area contributed by atoms with Crippen LogP contribution in [0.15, 0.2) is 48.5 Å². The zero-order valence-electron chi connectivity index (χ0n) is 16.1. The van der Waals surface area contributed by atoms with Gasteiger partial charge in [0.25, 0.3) is 0 Å². The molecule has 0 aliphatic rings. The predicted octanol–water partition coefficient (Wildman–Crippen LogP) is 3.85. The van der Waals surface area contributed by atoms with Crippen LogP contribution in [0.25, 0.3) is 17.1 Å². The molecule has 6 heteroatoms. The minimum Gasteiger partial charge on any atom is -0.466 e. The number of carbonyl (C=O) groups is 1. The maximum atomic E-state index is 11.4. The number of esters is 1. The third kappa shape index (κ3) is 4.78. The van der Waals surface area contributed by atoms with E-state index in [9.17, 15) is 4.79 Å². The van der Waals surface area contributed by atoms with Crippen molar-refractivity contribution >= 4 is 28.8 Å². The molecule has 0 saturated heterocycles. The van der Waals surface area contributed by atoms with E-state index in [1.807, 2.05) is 43.3 Å². The van der Waals surface area contributed by atoms with Gasteiger partial charge in [-0.15, -0.1) is 0 Å². The number of carbonyl (C=O) groups excluding carboxylic acids is 1. The Morgan fingerprint density at radius 1 is 1.32 bits per heavy atom. The van der Waals surface area contributed by atoms with E-state index in [-0.39, 0.29) is 12.6 Å². The molecule has 3 rings (SSSR count). The molecule has 0 saturated carbocycles. The van der Waals surface area contributed by atoms with E-state index < -0.39 is 5.97 Å². The van der Waals surface area contributed by atoms with Gasteiger partial charge in [0.15, 0.2) is 0 Å². The highest BCUT2D eigenvalue weighted by molar-refractivity contribution is 5.88. The first-order valence-corrected chi connectivity index (χ1v) is 9.31. The van der Waals surface area contributed by atoms with Gasteiger partial charge in [0, 0.05) is 18.4 Å². The number of para-hydroxylation sites is 1. The van der Waals surface area contributed by atoms with Crippen molar-refractivity contribution in [1.82, 2.24) is 9.97 Å². The van der Waals surface area contributed by atoms with Gasteiger partial charge in [-0.1, -0.05) is 24.3 Å². The Morgan fingerprint density at radius 3 is 2.93 bits per heavy atom. The van der Waals surface area contributed by atoms with Crippen LogP contribution in [0, 0.1) is 0 Å². The predicted molar refractivity (Wildman–Crippen MR) is 111 cm³/mol. The van der Waals surface area contributed by atoms with Crippen LogP contribution in [0.5, 0.6) is 0 Å². The van der Waals surface area contributed by atoms with E-state index >= 15 is 0 Å². The first-order chi connectivity index (χ1) is 13.6. The number of aryl methyl sites for hydroxylation is 1. The fourth-order valence-corrected chi connectivity index (χ4v) is 3.02. The molecule has 146 valence electrons. The molecule has 2 aromatic carbocycles. The van der Waals surface area contributed by atoms with Gasteiger partial charge in [-0.25, -0.2) is 9.78 Å². The van der Waals surface area contributed by atoms with Gasteiger partial charge in [0.05, 0.1) is 24.2 Å². The number of fused-ring (bicyclic) bond motifs is 1. The van der Waals surface area contributed by atoms with Crippen molar-refractivity contribution in [3.05, 3.63) is 65.5 Å². The third-order valence-electron chi connectivity index (χ3n) is 4.53. The van der Waals surface area contributed by atoms with Crippen LogP contribution in [-0.2, 0) is 16.0 Å². The average Bonchev–Trinajstić information content (AvgIpc) is 3.15. The number of hydrogen-bond donors (Lipinski definition) is 3. The van der Waals surface area contributed by atoms with E-state index in [2.05, 4.69) is 26.1 Å². The average molecular weight is 379 g/mol. The first-order valence-electron chi connectivity index (χ1n) is 9.31. The summed E-state index contributed by atoms with van der Waals surface area (Å²) in [5.41, 5.74) is 4.87. The Kier molecular flexibility index (Phi) is 6.45. The molecule has 3 aromatic rings. The Bertz CT molecular complexity index is 978. The monoisotopic (exact) mass is 379 g/mol. The number of aromatic nitrogens is 2. The second-order valence-electron chi connectivity index (χ2n) is 6.61. The molecule has 0 amide bonds. The normalized spacial score (nSPS) is 12.4. The van der Waals surface area contributed by atoms with Crippen molar-refractivity contribution in [1.29, 1.82) is 0 Å². The zero-order chi connectivity index (χ0) is 19.9. The van der Waals surface area contributed by atoms with Crippen molar-refractivity contribution in [3.63, 3.8) is 0 Å². The van der Waals surface area contributed by atoms with Crippen LogP contribution in [-0.4, -0.2) is 34.8 Å². The minimum atomic E-state index is -0.392. The molecule has 3 N–H and O–H groups in total. The number of ether oxygens (including phenoxy) is 1. The third-order valence-corrected chi connectivity index (χ3v) is 4.53. The van der Waals surface area contributed by atoms with E-state index in [1.165, 1.54) is 18.7 Å². The first kappa shape index (κ1) is 19.6. The number of nitrogens with one attached hydrogen (secondary N) is 2. The van der Waals surface area contributed by atoms with Crippen molar-refractivity contribution in [3.8, 4) is 0 Å². The van der Waals surface area contributed by atoms with Gasteiger partial charge in [-0.05, 0) is 55.2 Å². The standard InChI is InChI=1S/C22H25N3O3/c1-15(23-18-8-4-3-7-17(18)10-12-21(27)28-2)22-24-19-11-9-16(6-5-13-26)14-20(19)25-22/h3-4,7-12,14-15,23,26H,5-6,13H2,1-2H3,(H,24,25)/b12-10+. The molecule has 1 unspecified atom stereocenters. The fourth-order valence-electron chi connectivity index (χ4n) is 3.02. The molecule has 0 radical (unpaired) electrons. The largest absolute Gasteiger partial charge is 0.466 e. The van der Waals surface area contributed by atoms with Crippen LogP contribution in [0.4, 0.5) is 5.69 Å². The molecule has 0 aliphatic heterocycles. The highest BCUT2D eigenvalue weighted by Gasteiger charge is 2.12. The fraction of sp³-hybridized carbons (Fsp3) is 0.273. The number of methoxy groups -OCH3 is 1. The number of aromatic amines is 1. The number of H-pyrrole nitrogens is 1. The van der Waals surface area contributed by atoms with Gasteiger partial charge < -0.3 is 20.1 Å². The summed E-state index contributed by atoms with van der Waals surface area (Å²) in [6, 6.07) is 13.8. The SMILES string of the molecule is COC(=O)/C=C/c1ccccc1NC(C)c1nc2ccc(CCCO)cc2[nH]1. The molecule has 28 heavy (non-hydrogen) atoms. The molecule has 1 atom stereocenters. The number of imidazole rings is 1. The molecular weight excluding hydrogens is 354 g/mol. The quantitative estimate of drug-likeness (QED) is 0.409. The summed E-state index contributed by atoms with van der Waals surface area (Å²) in [5, 5.41) is 12.5. The van der Waals surface area contributed by atoms with Crippen molar-refractivity contribution in [2.75, 3.05) is 19.0 Å². The van der Waals surface area contributed by atoms with E-state index in [0.29, 0.717) is 0 Å². The van der Waals surface area contributed by atoms with Crippen molar-refractivity contribution in [2.24, 2.45) is 0 Å². The molecular formula is C22H25N3O3. The van der Waals surface area contributed by atoms with Gasteiger partial charge in [0.2, 0.25) is 0 Å².